The number of aromatic amines is 1. The van der Waals surface area contributed by atoms with E-state index in [4.69, 9.17) is 11.6 Å². The number of nitrogens with one attached hydrogen (secondary N) is 1. The summed E-state index contributed by atoms with van der Waals surface area (Å²) in [6.07, 6.45) is 23.2. The quantitative estimate of drug-likeness (QED) is 0.240. The zero-order valence-electron chi connectivity index (χ0n) is 17.1. The van der Waals surface area contributed by atoms with Gasteiger partial charge < -0.3 is 4.98 Å². The fourth-order valence-corrected chi connectivity index (χ4v) is 3.69. The van der Waals surface area contributed by atoms with Gasteiger partial charge in [0.05, 0.1) is 11.0 Å². The lowest BCUT2D eigenvalue weighted by Crippen LogP contribution is -1.88. The molecule has 1 heterocycles. The van der Waals surface area contributed by atoms with Crippen molar-refractivity contribution in [2.24, 2.45) is 0 Å². The van der Waals surface area contributed by atoms with Crippen molar-refractivity contribution in [3.8, 4) is 0 Å². The van der Waals surface area contributed by atoms with Gasteiger partial charge in [-0.1, -0.05) is 82.0 Å². The smallest absolute Gasteiger partial charge is 0.107 e. The molecule has 0 fully saturated rings. The Morgan fingerprint density at radius 1 is 0.852 bits per heavy atom. The lowest BCUT2D eigenvalue weighted by atomic mass is 10.1. The number of halogens is 1. The van der Waals surface area contributed by atoms with E-state index in [1.165, 1.54) is 83.5 Å². The molecule has 0 atom stereocenters. The Hall–Kier alpha value is -1.28. The number of hydrogen-bond donors (Lipinski definition) is 1. The molecule has 2 nitrogen and oxygen atoms in total. The Balaban J connectivity index is 1.41. The van der Waals surface area contributed by atoms with Crippen LogP contribution in [0.1, 0.15) is 96.2 Å². The SMILES string of the molecule is CCCCCCCC/C=C\CCCCCCCc1nc2ccc(Cl)cc2[nH]1. The molecule has 0 aliphatic rings. The molecule has 1 aromatic carbocycles. The molecular formula is C24H37ClN2. The number of nitrogens with zero attached hydrogens (tertiary/aromatic N) is 1. The highest BCUT2D eigenvalue weighted by Gasteiger charge is 2.03. The molecule has 2 aromatic rings. The summed E-state index contributed by atoms with van der Waals surface area (Å²) in [6.45, 7) is 2.28. The first-order valence-corrected chi connectivity index (χ1v) is 11.5. The molecule has 0 unspecified atom stereocenters. The van der Waals surface area contributed by atoms with E-state index in [-0.39, 0.29) is 0 Å². The normalized spacial score (nSPS) is 11.8. The van der Waals surface area contributed by atoms with Crippen molar-refractivity contribution in [3.63, 3.8) is 0 Å². The van der Waals surface area contributed by atoms with Gasteiger partial charge in [-0.3, -0.25) is 0 Å². The van der Waals surface area contributed by atoms with Gasteiger partial charge in [0.15, 0.2) is 0 Å². The molecule has 3 heteroatoms. The molecule has 0 amide bonds. The summed E-state index contributed by atoms with van der Waals surface area (Å²) in [5, 5.41) is 0.763. The van der Waals surface area contributed by atoms with Gasteiger partial charge in [0.1, 0.15) is 5.82 Å². The Morgan fingerprint density at radius 2 is 1.48 bits per heavy atom. The van der Waals surface area contributed by atoms with Crippen molar-refractivity contribution < 1.29 is 0 Å². The van der Waals surface area contributed by atoms with E-state index in [1.807, 2.05) is 18.2 Å². The monoisotopic (exact) mass is 388 g/mol. The lowest BCUT2D eigenvalue weighted by molar-refractivity contribution is 0.607. The number of allylic oxidation sites excluding steroid dienone is 2. The van der Waals surface area contributed by atoms with E-state index in [2.05, 4.69) is 29.0 Å². The summed E-state index contributed by atoms with van der Waals surface area (Å²) in [4.78, 5) is 8.02. The largest absolute Gasteiger partial charge is 0.342 e. The van der Waals surface area contributed by atoms with E-state index in [9.17, 15) is 0 Å². The Bertz CT molecular complexity index is 659. The van der Waals surface area contributed by atoms with E-state index < -0.39 is 0 Å². The Kier molecular flexibility index (Phi) is 11.3. The topological polar surface area (TPSA) is 28.7 Å². The summed E-state index contributed by atoms with van der Waals surface area (Å²) >= 11 is 6.02. The molecule has 0 saturated heterocycles. The second kappa shape index (κ2) is 13.8. The van der Waals surface area contributed by atoms with Crippen LogP contribution in [0.4, 0.5) is 0 Å². The Morgan fingerprint density at radius 3 is 2.19 bits per heavy atom. The minimum absolute atomic E-state index is 0.763. The molecule has 2 rings (SSSR count). The molecular weight excluding hydrogens is 352 g/mol. The summed E-state index contributed by atoms with van der Waals surface area (Å²) < 4.78 is 0. The van der Waals surface area contributed by atoms with Crippen LogP contribution in [0.2, 0.25) is 5.02 Å². The van der Waals surface area contributed by atoms with Crippen molar-refractivity contribution in [2.75, 3.05) is 0 Å². The number of benzene rings is 1. The first kappa shape index (κ1) is 22.0. The summed E-state index contributed by atoms with van der Waals surface area (Å²) in [6, 6.07) is 5.83. The van der Waals surface area contributed by atoms with Gasteiger partial charge in [-0.25, -0.2) is 4.98 Å². The number of unbranched alkanes of at least 4 members (excludes halogenated alkanes) is 11. The van der Waals surface area contributed by atoms with Crippen LogP contribution in [-0.4, -0.2) is 9.97 Å². The maximum atomic E-state index is 6.02. The van der Waals surface area contributed by atoms with Gasteiger partial charge in [0, 0.05) is 11.4 Å². The van der Waals surface area contributed by atoms with Gasteiger partial charge in [-0.2, -0.15) is 0 Å². The highest BCUT2D eigenvalue weighted by molar-refractivity contribution is 6.31. The molecule has 1 aromatic heterocycles. The molecule has 1 N–H and O–H groups in total. The molecule has 0 spiro atoms. The van der Waals surface area contributed by atoms with E-state index in [1.54, 1.807) is 0 Å². The lowest BCUT2D eigenvalue weighted by Gasteiger charge is -2.00. The zero-order valence-corrected chi connectivity index (χ0v) is 17.9. The van der Waals surface area contributed by atoms with E-state index >= 15 is 0 Å². The third-order valence-electron chi connectivity index (χ3n) is 5.17. The van der Waals surface area contributed by atoms with Crippen LogP contribution in [0.15, 0.2) is 30.4 Å². The number of imidazole rings is 1. The van der Waals surface area contributed by atoms with Gasteiger partial charge in [-0.05, 0) is 50.3 Å². The van der Waals surface area contributed by atoms with Crippen LogP contribution in [0.3, 0.4) is 0 Å². The van der Waals surface area contributed by atoms with Crippen molar-refractivity contribution in [1.29, 1.82) is 0 Å². The fraction of sp³-hybridized carbons (Fsp3) is 0.625. The number of fused-ring (bicyclic) bond motifs is 1. The summed E-state index contributed by atoms with van der Waals surface area (Å²) in [5.74, 6) is 1.09. The van der Waals surface area contributed by atoms with Crippen LogP contribution < -0.4 is 0 Å². The third kappa shape index (κ3) is 9.46. The number of hydrogen-bond acceptors (Lipinski definition) is 1. The van der Waals surface area contributed by atoms with Crippen molar-refractivity contribution in [1.82, 2.24) is 9.97 Å². The minimum Gasteiger partial charge on any atom is -0.342 e. The molecule has 27 heavy (non-hydrogen) atoms. The molecule has 0 aliphatic heterocycles. The van der Waals surface area contributed by atoms with Crippen LogP contribution in [0.5, 0.6) is 0 Å². The first-order valence-electron chi connectivity index (χ1n) is 11.1. The van der Waals surface area contributed by atoms with Gasteiger partial charge in [0.25, 0.3) is 0 Å². The highest BCUT2D eigenvalue weighted by atomic mass is 35.5. The van der Waals surface area contributed by atoms with Crippen molar-refractivity contribution in [3.05, 3.63) is 41.2 Å². The number of aromatic nitrogens is 2. The molecule has 0 saturated carbocycles. The molecule has 0 aliphatic carbocycles. The van der Waals surface area contributed by atoms with Crippen LogP contribution >= 0.6 is 11.6 Å². The van der Waals surface area contributed by atoms with Gasteiger partial charge >= 0.3 is 0 Å². The van der Waals surface area contributed by atoms with Crippen LogP contribution in [0.25, 0.3) is 11.0 Å². The number of aryl methyl sites for hydroxylation is 1. The minimum atomic E-state index is 0.763. The van der Waals surface area contributed by atoms with E-state index in [0.717, 1.165) is 28.3 Å². The summed E-state index contributed by atoms with van der Waals surface area (Å²) in [5.41, 5.74) is 2.06. The average Bonchev–Trinajstić information content (AvgIpc) is 3.06. The maximum absolute atomic E-state index is 6.02. The standard InChI is InChI=1S/C24H37ClN2/c1-2-3-4-5-6-7-8-9-10-11-12-13-14-15-16-17-24-26-22-19-18-21(25)20-23(22)27-24/h9-10,18-20H,2-8,11-17H2,1H3,(H,26,27)/b10-9-. The van der Waals surface area contributed by atoms with Crippen LogP contribution in [-0.2, 0) is 6.42 Å². The predicted molar refractivity (Wildman–Crippen MR) is 120 cm³/mol. The summed E-state index contributed by atoms with van der Waals surface area (Å²) in [7, 11) is 0. The first-order chi connectivity index (χ1) is 13.3. The molecule has 0 bridgehead atoms. The molecule has 0 radical (unpaired) electrons. The number of rotatable bonds is 15. The van der Waals surface area contributed by atoms with E-state index in [0.29, 0.717) is 0 Å². The molecule has 150 valence electrons. The third-order valence-corrected chi connectivity index (χ3v) is 5.40. The fourth-order valence-electron chi connectivity index (χ4n) is 3.52. The second-order valence-corrected chi connectivity index (χ2v) is 8.12. The van der Waals surface area contributed by atoms with Gasteiger partial charge in [0.2, 0.25) is 0 Å². The van der Waals surface area contributed by atoms with Crippen molar-refractivity contribution in [2.45, 2.75) is 96.8 Å². The average molecular weight is 389 g/mol. The van der Waals surface area contributed by atoms with Gasteiger partial charge in [-0.15, -0.1) is 0 Å². The zero-order chi connectivity index (χ0) is 19.2. The van der Waals surface area contributed by atoms with Crippen molar-refractivity contribution >= 4 is 22.6 Å². The predicted octanol–water partition coefficient (Wildman–Crippen LogP) is 8.41. The Labute approximate surface area is 170 Å². The maximum Gasteiger partial charge on any atom is 0.107 e. The highest BCUT2D eigenvalue weighted by Crippen LogP contribution is 2.18. The second-order valence-electron chi connectivity index (χ2n) is 7.68. The number of H-pyrrole nitrogens is 1. The van der Waals surface area contributed by atoms with Crippen LogP contribution in [0, 0.1) is 0 Å².